The van der Waals surface area contributed by atoms with Crippen molar-refractivity contribution in [2.45, 2.75) is 16.5 Å². The second-order valence-corrected chi connectivity index (χ2v) is 8.39. The van der Waals surface area contributed by atoms with E-state index in [9.17, 15) is 9.18 Å². The second-order valence-electron chi connectivity index (χ2n) is 5.83. The first-order valence-corrected chi connectivity index (χ1v) is 10.2. The number of ether oxygens (including phenoxy) is 2. The number of hydrogen-bond acceptors (Lipinski definition) is 8. The predicted molar refractivity (Wildman–Crippen MR) is 113 cm³/mol. The summed E-state index contributed by atoms with van der Waals surface area (Å²) in [5.74, 6) is 0.592. The Bertz CT molecular complexity index is 999. The van der Waals surface area contributed by atoms with Crippen LogP contribution in [0, 0.1) is 5.82 Å². The Hall–Kier alpha value is -2.85. The highest BCUT2D eigenvalue weighted by atomic mass is 32.2. The fourth-order valence-corrected chi connectivity index (χ4v) is 4.28. The van der Waals surface area contributed by atoms with Crippen molar-refractivity contribution in [1.29, 1.82) is 0 Å². The Morgan fingerprint density at radius 1 is 1.10 bits per heavy atom. The molecule has 1 amide bonds. The summed E-state index contributed by atoms with van der Waals surface area (Å²) in [6.45, 7) is 1.78. The van der Waals surface area contributed by atoms with Crippen LogP contribution in [0.3, 0.4) is 0 Å². The second kappa shape index (κ2) is 9.57. The lowest BCUT2D eigenvalue weighted by atomic mass is 10.2. The standard InChI is InChI=1S/C19H19FN4O3S2/c1-11(17(25)21-14-7-8-15(26-2)16(10-14)27-3)28-19-24-23-18(29-19)22-13-6-4-5-12(20)9-13/h4-11H,1-3H3,(H,21,25)(H,22,23)/t11-/m0/s1. The molecule has 0 bridgehead atoms. The van der Waals surface area contributed by atoms with Gasteiger partial charge in [0.05, 0.1) is 19.5 Å². The Kier molecular flexibility index (Phi) is 6.89. The third kappa shape index (κ3) is 5.58. The van der Waals surface area contributed by atoms with Crippen LogP contribution in [0.15, 0.2) is 46.8 Å². The normalized spacial score (nSPS) is 11.6. The topological polar surface area (TPSA) is 85.4 Å². The van der Waals surface area contributed by atoms with E-state index in [4.69, 9.17) is 9.47 Å². The number of nitrogens with zero attached hydrogens (tertiary/aromatic N) is 2. The molecule has 10 heteroatoms. The zero-order valence-corrected chi connectivity index (χ0v) is 17.6. The van der Waals surface area contributed by atoms with Gasteiger partial charge in [-0.1, -0.05) is 29.2 Å². The summed E-state index contributed by atoms with van der Waals surface area (Å²) < 4.78 is 24.3. The molecule has 152 valence electrons. The summed E-state index contributed by atoms with van der Waals surface area (Å²) in [4.78, 5) is 12.5. The first-order valence-electron chi connectivity index (χ1n) is 8.54. The molecule has 3 aromatic rings. The summed E-state index contributed by atoms with van der Waals surface area (Å²) in [5, 5.41) is 14.1. The summed E-state index contributed by atoms with van der Waals surface area (Å²) in [7, 11) is 3.08. The van der Waals surface area contributed by atoms with Crippen LogP contribution in [0.5, 0.6) is 11.5 Å². The fraction of sp³-hybridized carbons (Fsp3) is 0.211. The molecule has 7 nitrogen and oxygen atoms in total. The van der Waals surface area contributed by atoms with E-state index in [-0.39, 0.29) is 11.7 Å². The van der Waals surface area contributed by atoms with Gasteiger partial charge in [0.15, 0.2) is 15.8 Å². The molecule has 0 aliphatic carbocycles. The minimum Gasteiger partial charge on any atom is -0.493 e. The van der Waals surface area contributed by atoms with Crippen LogP contribution in [-0.4, -0.2) is 35.6 Å². The lowest BCUT2D eigenvalue weighted by Crippen LogP contribution is -2.22. The molecule has 0 radical (unpaired) electrons. The van der Waals surface area contributed by atoms with E-state index in [0.717, 1.165) is 0 Å². The van der Waals surface area contributed by atoms with Crippen molar-refractivity contribution >= 4 is 45.5 Å². The summed E-state index contributed by atoms with van der Waals surface area (Å²) >= 11 is 2.57. The average molecular weight is 435 g/mol. The molecule has 29 heavy (non-hydrogen) atoms. The summed E-state index contributed by atoms with van der Waals surface area (Å²) in [6, 6.07) is 11.2. The molecule has 1 atom stereocenters. The number of hydrogen-bond donors (Lipinski definition) is 2. The third-order valence-electron chi connectivity index (χ3n) is 3.78. The van der Waals surface area contributed by atoms with E-state index in [0.29, 0.717) is 32.3 Å². The lowest BCUT2D eigenvalue weighted by Gasteiger charge is -2.13. The highest BCUT2D eigenvalue weighted by Crippen LogP contribution is 2.32. The predicted octanol–water partition coefficient (Wildman–Crippen LogP) is 4.56. The maximum atomic E-state index is 13.3. The number of halogens is 1. The van der Waals surface area contributed by atoms with E-state index in [1.54, 1.807) is 44.4 Å². The number of thioether (sulfide) groups is 1. The van der Waals surface area contributed by atoms with Crippen LogP contribution in [0.1, 0.15) is 6.92 Å². The van der Waals surface area contributed by atoms with Crippen molar-refractivity contribution in [3.05, 3.63) is 48.3 Å². The minimum absolute atomic E-state index is 0.183. The number of aromatic nitrogens is 2. The van der Waals surface area contributed by atoms with Gasteiger partial charge in [-0.25, -0.2) is 4.39 Å². The van der Waals surface area contributed by atoms with Crippen molar-refractivity contribution < 1.29 is 18.7 Å². The number of nitrogens with one attached hydrogen (secondary N) is 2. The van der Waals surface area contributed by atoms with Gasteiger partial charge in [0.2, 0.25) is 11.0 Å². The van der Waals surface area contributed by atoms with Crippen LogP contribution in [0.2, 0.25) is 0 Å². The number of methoxy groups -OCH3 is 2. The molecule has 2 aromatic carbocycles. The van der Waals surface area contributed by atoms with Crippen LogP contribution >= 0.6 is 23.1 Å². The molecule has 2 N–H and O–H groups in total. The van der Waals surface area contributed by atoms with Crippen LogP contribution in [-0.2, 0) is 4.79 Å². The van der Waals surface area contributed by atoms with E-state index in [2.05, 4.69) is 20.8 Å². The molecule has 1 aromatic heterocycles. The van der Waals surface area contributed by atoms with Crippen LogP contribution < -0.4 is 20.1 Å². The van der Waals surface area contributed by atoms with Crippen LogP contribution in [0.4, 0.5) is 20.9 Å². The third-order valence-corrected chi connectivity index (χ3v) is 5.80. The Morgan fingerprint density at radius 2 is 1.90 bits per heavy atom. The zero-order valence-electron chi connectivity index (χ0n) is 15.9. The van der Waals surface area contributed by atoms with Gasteiger partial charge in [0.25, 0.3) is 0 Å². The highest BCUT2D eigenvalue weighted by Gasteiger charge is 2.18. The monoisotopic (exact) mass is 434 g/mol. The van der Waals surface area contributed by atoms with E-state index >= 15 is 0 Å². The lowest BCUT2D eigenvalue weighted by molar-refractivity contribution is -0.115. The SMILES string of the molecule is COc1ccc(NC(=O)[C@H](C)Sc2nnc(Nc3cccc(F)c3)s2)cc1OC. The molecular weight excluding hydrogens is 415 g/mol. The van der Waals surface area contributed by atoms with Crippen molar-refractivity contribution in [3.63, 3.8) is 0 Å². The smallest absolute Gasteiger partial charge is 0.237 e. The minimum atomic E-state index is -0.405. The van der Waals surface area contributed by atoms with Gasteiger partial charge < -0.3 is 20.1 Å². The molecule has 0 spiro atoms. The van der Waals surface area contributed by atoms with Gasteiger partial charge in [0, 0.05) is 17.4 Å². The number of rotatable bonds is 8. The van der Waals surface area contributed by atoms with Gasteiger partial charge in [-0.2, -0.15) is 0 Å². The molecular formula is C19H19FN4O3S2. The molecule has 0 unspecified atom stereocenters. The van der Waals surface area contributed by atoms with Gasteiger partial charge >= 0.3 is 0 Å². The molecule has 0 aliphatic rings. The molecule has 0 fully saturated rings. The Labute approximate surface area is 175 Å². The number of anilines is 3. The largest absolute Gasteiger partial charge is 0.493 e. The van der Waals surface area contributed by atoms with E-state index in [1.165, 1.54) is 42.3 Å². The first kappa shape index (κ1) is 20.9. The van der Waals surface area contributed by atoms with Crippen molar-refractivity contribution in [2.75, 3.05) is 24.9 Å². The summed E-state index contributed by atoms with van der Waals surface area (Å²) in [5.41, 5.74) is 1.18. The van der Waals surface area contributed by atoms with Gasteiger partial charge in [-0.15, -0.1) is 10.2 Å². The molecule has 1 heterocycles. The van der Waals surface area contributed by atoms with Crippen molar-refractivity contribution in [2.24, 2.45) is 0 Å². The van der Waals surface area contributed by atoms with Gasteiger partial charge in [-0.3, -0.25) is 4.79 Å². The van der Waals surface area contributed by atoms with E-state index < -0.39 is 5.25 Å². The number of carbonyl (C=O) groups is 1. The zero-order chi connectivity index (χ0) is 20.8. The number of amides is 1. The maximum absolute atomic E-state index is 13.3. The van der Waals surface area contributed by atoms with Gasteiger partial charge in [-0.05, 0) is 37.3 Å². The number of benzene rings is 2. The van der Waals surface area contributed by atoms with E-state index in [1.807, 2.05) is 0 Å². The number of carbonyl (C=O) groups excluding carboxylic acids is 1. The maximum Gasteiger partial charge on any atom is 0.237 e. The molecule has 0 aliphatic heterocycles. The Balaban J connectivity index is 1.59. The van der Waals surface area contributed by atoms with Crippen LogP contribution in [0.25, 0.3) is 0 Å². The fourth-order valence-electron chi connectivity index (χ4n) is 2.36. The first-order chi connectivity index (χ1) is 14.0. The molecule has 0 saturated carbocycles. The van der Waals surface area contributed by atoms with Gasteiger partial charge in [0.1, 0.15) is 5.82 Å². The quantitative estimate of drug-likeness (QED) is 0.503. The Morgan fingerprint density at radius 3 is 2.62 bits per heavy atom. The summed E-state index contributed by atoms with van der Waals surface area (Å²) in [6.07, 6.45) is 0. The van der Waals surface area contributed by atoms with Crippen molar-refractivity contribution in [3.8, 4) is 11.5 Å². The van der Waals surface area contributed by atoms with Crippen molar-refractivity contribution in [1.82, 2.24) is 10.2 Å². The average Bonchev–Trinajstić information content (AvgIpc) is 3.14. The molecule has 3 rings (SSSR count). The highest BCUT2D eigenvalue weighted by molar-refractivity contribution is 8.02. The molecule has 0 saturated heterocycles.